The van der Waals surface area contributed by atoms with E-state index in [1.807, 2.05) is 19.0 Å². The van der Waals surface area contributed by atoms with Crippen LogP contribution in [0.15, 0.2) is 0 Å². The van der Waals surface area contributed by atoms with E-state index in [0.717, 1.165) is 4.90 Å². The summed E-state index contributed by atoms with van der Waals surface area (Å²) in [7, 11) is 3.67. The van der Waals surface area contributed by atoms with Gasteiger partial charge in [-0.15, -0.1) is 0 Å². The second kappa shape index (κ2) is 5.95. The molecule has 0 aliphatic rings. The molecule has 0 unspecified atom stereocenters. The van der Waals surface area contributed by atoms with Gasteiger partial charge in [0.15, 0.2) is 0 Å². The number of carbonyl (C=O) groups is 1. The lowest BCUT2D eigenvalue weighted by Crippen LogP contribution is -2.42. The molecule has 0 aliphatic heterocycles. The molecule has 90 valence electrons. The number of carbonyl (C=O) groups excluding carboxylic acids is 1. The van der Waals surface area contributed by atoms with Crippen LogP contribution >= 0.6 is 0 Å². The Bertz CT molecular complexity index is 204. The third kappa shape index (κ3) is 5.61. The summed E-state index contributed by atoms with van der Waals surface area (Å²) in [6.07, 6.45) is -4.21. The highest BCUT2D eigenvalue weighted by Crippen LogP contribution is 2.18. The van der Waals surface area contributed by atoms with Crippen LogP contribution in [0.4, 0.5) is 13.2 Å². The standard InChI is InChI=1S/C9H17F3N2O/c1-4-14(7-5-6-13(2)3)8(15)9(10,11)12/h4-7H2,1-3H3. The minimum absolute atomic E-state index is 0.0891. The van der Waals surface area contributed by atoms with Gasteiger partial charge in [0.05, 0.1) is 0 Å². The lowest BCUT2D eigenvalue weighted by atomic mass is 10.3. The van der Waals surface area contributed by atoms with Gasteiger partial charge in [-0.2, -0.15) is 13.2 Å². The molecular weight excluding hydrogens is 209 g/mol. The molecule has 0 N–H and O–H groups in total. The van der Waals surface area contributed by atoms with Crippen LogP contribution in [0.25, 0.3) is 0 Å². The third-order valence-electron chi connectivity index (χ3n) is 1.94. The van der Waals surface area contributed by atoms with Crippen LogP contribution in [0.5, 0.6) is 0 Å². The van der Waals surface area contributed by atoms with Crippen LogP contribution in [-0.4, -0.2) is 55.6 Å². The summed E-state index contributed by atoms with van der Waals surface area (Å²) in [6.45, 7) is 2.44. The molecule has 0 radical (unpaired) electrons. The lowest BCUT2D eigenvalue weighted by molar-refractivity contribution is -0.185. The molecule has 15 heavy (non-hydrogen) atoms. The normalized spacial score (nSPS) is 11.9. The molecule has 0 fully saturated rings. The Morgan fingerprint density at radius 3 is 2.07 bits per heavy atom. The number of alkyl halides is 3. The molecule has 0 saturated carbocycles. The second-order valence-electron chi connectivity index (χ2n) is 3.54. The Hall–Kier alpha value is -0.780. The van der Waals surface area contributed by atoms with Crippen molar-refractivity contribution >= 4 is 5.91 Å². The molecule has 0 atom stereocenters. The van der Waals surface area contributed by atoms with E-state index in [4.69, 9.17) is 0 Å². The molecule has 0 saturated heterocycles. The number of nitrogens with zero attached hydrogens (tertiary/aromatic N) is 2. The Morgan fingerprint density at radius 1 is 1.20 bits per heavy atom. The summed E-state index contributed by atoms with van der Waals surface area (Å²) in [5.41, 5.74) is 0. The summed E-state index contributed by atoms with van der Waals surface area (Å²) in [5, 5.41) is 0. The molecular formula is C9H17F3N2O. The van der Waals surface area contributed by atoms with Gasteiger partial charge in [0.2, 0.25) is 0 Å². The zero-order valence-corrected chi connectivity index (χ0v) is 9.26. The van der Waals surface area contributed by atoms with Crippen LogP contribution in [0, 0.1) is 0 Å². The molecule has 0 aromatic carbocycles. The van der Waals surface area contributed by atoms with Gasteiger partial charge < -0.3 is 9.80 Å². The molecule has 0 spiro atoms. The van der Waals surface area contributed by atoms with Crippen molar-refractivity contribution in [2.45, 2.75) is 19.5 Å². The minimum atomic E-state index is -4.76. The Kier molecular flexibility index (Phi) is 5.64. The van der Waals surface area contributed by atoms with Gasteiger partial charge in [-0.1, -0.05) is 0 Å². The van der Waals surface area contributed by atoms with E-state index in [9.17, 15) is 18.0 Å². The van der Waals surface area contributed by atoms with Gasteiger partial charge in [0.25, 0.3) is 0 Å². The van der Waals surface area contributed by atoms with Crippen molar-refractivity contribution in [2.24, 2.45) is 0 Å². The summed E-state index contributed by atoms with van der Waals surface area (Å²) < 4.78 is 36.2. The maximum absolute atomic E-state index is 12.1. The highest BCUT2D eigenvalue weighted by molar-refractivity contribution is 5.81. The van der Waals surface area contributed by atoms with E-state index >= 15 is 0 Å². The number of rotatable bonds is 5. The number of amides is 1. The third-order valence-corrected chi connectivity index (χ3v) is 1.94. The van der Waals surface area contributed by atoms with E-state index in [2.05, 4.69) is 0 Å². The number of halogens is 3. The first-order chi connectivity index (χ1) is 6.79. The minimum Gasteiger partial charge on any atom is -0.335 e. The highest BCUT2D eigenvalue weighted by atomic mass is 19.4. The van der Waals surface area contributed by atoms with Crippen LogP contribution < -0.4 is 0 Å². The lowest BCUT2D eigenvalue weighted by Gasteiger charge is -2.22. The van der Waals surface area contributed by atoms with Crippen molar-refractivity contribution in [3.8, 4) is 0 Å². The molecule has 1 amide bonds. The van der Waals surface area contributed by atoms with Crippen molar-refractivity contribution in [1.29, 1.82) is 0 Å². The second-order valence-corrected chi connectivity index (χ2v) is 3.54. The largest absolute Gasteiger partial charge is 0.471 e. The fraction of sp³-hybridized carbons (Fsp3) is 0.889. The summed E-state index contributed by atoms with van der Waals surface area (Å²) in [5.74, 6) is -1.75. The summed E-state index contributed by atoms with van der Waals surface area (Å²) in [4.78, 5) is 13.5. The van der Waals surface area contributed by atoms with Crippen LogP contribution in [0.1, 0.15) is 13.3 Å². The van der Waals surface area contributed by atoms with Crippen molar-refractivity contribution in [2.75, 3.05) is 33.7 Å². The molecule has 0 aromatic heterocycles. The van der Waals surface area contributed by atoms with E-state index in [-0.39, 0.29) is 13.1 Å². The van der Waals surface area contributed by atoms with Crippen molar-refractivity contribution in [3.05, 3.63) is 0 Å². The molecule has 0 heterocycles. The summed E-state index contributed by atoms with van der Waals surface area (Å²) >= 11 is 0. The zero-order chi connectivity index (χ0) is 12.1. The van der Waals surface area contributed by atoms with Crippen molar-refractivity contribution < 1.29 is 18.0 Å². The SMILES string of the molecule is CCN(CCCN(C)C)C(=O)C(F)(F)F. The molecule has 0 bridgehead atoms. The van der Waals surface area contributed by atoms with Gasteiger partial charge in [0, 0.05) is 13.1 Å². The predicted molar refractivity (Wildman–Crippen MR) is 51.5 cm³/mol. The molecule has 6 heteroatoms. The van der Waals surface area contributed by atoms with E-state index in [0.29, 0.717) is 13.0 Å². The number of hydrogen-bond acceptors (Lipinski definition) is 2. The van der Waals surface area contributed by atoms with Crippen LogP contribution in [-0.2, 0) is 4.79 Å². The first-order valence-corrected chi connectivity index (χ1v) is 4.79. The van der Waals surface area contributed by atoms with Crippen molar-refractivity contribution in [1.82, 2.24) is 9.80 Å². The highest BCUT2D eigenvalue weighted by Gasteiger charge is 2.41. The van der Waals surface area contributed by atoms with E-state index < -0.39 is 12.1 Å². The Balaban J connectivity index is 4.09. The average molecular weight is 226 g/mol. The Morgan fingerprint density at radius 2 is 1.73 bits per heavy atom. The van der Waals surface area contributed by atoms with Crippen LogP contribution in [0.2, 0.25) is 0 Å². The topological polar surface area (TPSA) is 23.6 Å². The maximum Gasteiger partial charge on any atom is 0.471 e. The quantitative estimate of drug-likeness (QED) is 0.706. The van der Waals surface area contributed by atoms with Gasteiger partial charge in [-0.25, -0.2) is 0 Å². The monoisotopic (exact) mass is 226 g/mol. The smallest absolute Gasteiger partial charge is 0.335 e. The van der Waals surface area contributed by atoms with Gasteiger partial charge in [-0.3, -0.25) is 4.79 Å². The first kappa shape index (κ1) is 14.2. The number of hydrogen-bond donors (Lipinski definition) is 0. The average Bonchev–Trinajstić information content (AvgIpc) is 2.09. The Labute approximate surface area is 87.8 Å². The molecule has 3 nitrogen and oxygen atoms in total. The van der Waals surface area contributed by atoms with Crippen molar-refractivity contribution in [3.63, 3.8) is 0 Å². The van der Waals surface area contributed by atoms with Gasteiger partial charge >= 0.3 is 12.1 Å². The first-order valence-electron chi connectivity index (χ1n) is 4.79. The summed E-state index contributed by atoms with van der Waals surface area (Å²) in [6, 6.07) is 0. The fourth-order valence-corrected chi connectivity index (χ4v) is 1.16. The fourth-order valence-electron chi connectivity index (χ4n) is 1.16. The predicted octanol–water partition coefficient (Wildman–Crippen LogP) is 1.35. The van der Waals surface area contributed by atoms with E-state index in [1.165, 1.54) is 0 Å². The molecule has 0 aromatic rings. The molecule has 0 aliphatic carbocycles. The van der Waals surface area contributed by atoms with Gasteiger partial charge in [-0.05, 0) is 34.0 Å². The maximum atomic E-state index is 12.1. The molecule has 0 rings (SSSR count). The van der Waals surface area contributed by atoms with Gasteiger partial charge in [0.1, 0.15) is 0 Å². The van der Waals surface area contributed by atoms with Crippen LogP contribution in [0.3, 0.4) is 0 Å². The zero-order valence-electron chi connectivity index (χ0n) is 9.26. The van der Waals surface area contributed by atoms with E-state index in [1.54, 1.807) is 6.92 Å².